The number of carbonyl (C=O) groups excluding carboxylic acids is 2. The van der Waals surface area contributed by atoms with Crippen LogP contribution in [0.3, 0.4) is 0 Å². The SMILES string of the molecule is O=C(O)CCNC(=O)c1ccc(C(NC(=O)Nc2cccc(I)c2)C2CCC(C3CCCCC3)CC2)cc1. The Bertz CT molecular complexity index is 1090. The molecule has 2 fully saturated rings. The van der Waals surface area contributed by atoms with Gasteiger partial charge in [0.25, 0.3) is 5.91 Å². The van der Waals surface area contributed by atoms with Crippen molar-refractivity contribution in [1.82, 2.24) is 10.6 Å². The van der Waals surface area contributed by atoms with Crippen molar-refractivity contribution in [2.24, 2.45) is 17.8 Å². The molecule has 1 unspecified atom stereocenters. The van der Waals surface area contributed by atoms with E-state index >= 15 is 0 Å². The molecule has 8 heteroatoms. The predicted octanol–water partition coefficient (Wildman–Crippen LogP) is 6.75. The Hall–Kier alpha value is -2.62. The van der Waals surface area contributed by atoms with E-state index in [2.05, 4.69) is 38.5 Å². The fourth-order valence-electron chi connectivity index (χ4n) is 6.13. The average Bonchev–Trinajstić information content (AvgIpc) is 2.92. The van der Waals surface area contributed by atoms with E-state index in [-0.39, 0.29) is 30.9 Å². The van der Waals surface area contributed by atoms with Gasteiger partial charge in [0.2, 0.25) is 0 Å². The number of anilines is 1. The van der Waals surface area contributed by atoms with E-state index in [4.69, 9.17) is 5.11 Å². The molecule has 0 aliphatic heterocycles. The first-order valence-corrected chi connectivity index (χ1v) is 14.9. The van der Waals surface area contributed by atoms with Gasteiger partial charge < -0.3 is 21.1 Å². The average molecular weight is 632 g/mol. The standard InChI is InChI=1S/C30H38IN3O4/c31-25-7-4-8-26(19-25)33-30(38)34-28(22-11-9-21(10-12-22)20-5-2-1-3-6-20)23-13-15-24(16-14-23)29(37)32-18-17-27(35)36/h4,7-8,13-16,19-22,28H,1-3,5-6,9-12,17-18H2,(H,32,37)(H,35,36)(H2,33,34,38). The van der Waals surface area contributed by atoms with Crippen LogP contribution in [-0.4, -0.2) is 29.6 Å². The quantitative estimate of drug-likeness (QED) is 0.230. The van der Waals surface area contributed by atoms with Gasteiger partial charge in [0.1, 0.15) is 0 Å². The summed E-state index contributed by atoms with van der Waals surface area (Å²) in [5.41, 5.74) is 2.20. The number of carboxylic acids is 1. The largest absolute Gasteiger partial charge is 0.481 e. The van der Waals surface area contributed by atoms with Crippen LogP contribution in [0.25, 0.3) is 0 Å². The van der Waals surface area contributed by atoms with Crippen molar-refractivity contribution in [3.63, 3.8) is 0 Å². The number of carbonyl (C=O) groups is 3. The first-order chi connectivity index (χ1) is 18.4. The highest BCUT2D eigenvalue weighted by Crippen LogP contribution is 2.43. The Labute approximate surface area is 238 Å². The highest BCUT2D eigenvalue weighted by atomic mass is 127. The van der Waals surface area contributed by atoms with Crippen LogP contribution in [0.5, 0.6) is 0 Å². The molecular formula is C30H38IN3O4. The van der Waals surface area contributed by atoms with Gasteiger partial charge in [0.05, 0.1) is 12.5 Å². The van der Waals surface area contributed by atoms with Gasteiger partial charge in [0.15, 0.2) is 0 Å². The Balaban J connectivity index is 1.44. The maximum absolute atomic E-state index is 13.1. The van der Waals surface area contributed by atoms with Gasteiger partial charge in [-0.2, -0.15) is 0 Å². The Morgan fingerprint density at radius 1 is 0.895 bits per heavy atom. The zero-order chi connectivity index (χ0) is 26.9. The van der Waals surface area contributed by atoms with Gasteiger partial charge >= 0.3 is 12.0 Å². The molecule has 2 aliphatic carbocycles. The molecule has 4 N–H and O–H groups in total. The molecule has 7 nitrogen and oxygen atoms in total. The fourth-order valence-corrected chi connectivity index (χ4v) is 6.67. The second kappa shape index (κ2) is 14.0. The van der Waals surface area contributed by atoms with E-state index in [1.807, 2.05) is 36.4 Å². The second-order valence-corrected chi connectivity index (χ2v) is 11.9. The number of aliphatic carboxylic acids is 1. The molecule has 2 aromatic carbocycles. The van der Waals surface area contributed by atoms with E-state index in [1.54, 1.807) is 12.1 Å². The summed E-state index contributed by atoms with van der Waals surface area (Å²) in [7, 11) is 0. The smallest absolute Gasteiger partial charge is 0.319 e. The Kier molecular flexibility index (Phi) is 10.4. The summed E-state index contributed by atoms with van der Waals surface area (Å²) < 4.78 is 1.05. The Morgan fingerprint density at radius 2 is 1.58 bits per heavy atom. The molecule has 0 radical (unpaired) electrons. The van der Waals surface area contributed by atoms with Crippen molar-refractivity contribution < 1.29 is 19.5 Å². The molecule has 3 amide bonds. The van der Waals surface area contributed by atoms with Crippen molar-refractivity contribution in [3.05, 3.63) is 63.2 Å². The van der Waals surface area contributed by atoms with Crippen LogP contribution < -0.4 is 16.0 Å². The Morgan fingerprint density at radius 3 is 2.24 bits per heavy atom. The summed E-state index contributed by atoms with van der Waals surface area (Å²) in [5.74, 6) is 0.734. The van der Waals surface area contributed by atoms with E-state index in [1.165, 1.54) is 44.9 Å². The third kappa shape index (κ3) is 8.19. The predicted molar refractivity (Wildman–Crippen MR) is 157 cm³/mol. The minimum Gasteiger partial charge on any atom is -0.481 e. The van der Waals surface area contributed by atoms with E-state index in [9.17, 15) is 14.4 Å². The van der Waals surface area contributed by atoms with Gasteiger partial charge in [0, 0.05) is 21.4 Å². The van der Waals surface area contributed by atoms with Crippen molar-refractivity contribution in [2.45, 2.75) is 70.3 Å². The summed E-state index contributed by atoms with van der Waals surface area (Å²) in [6.07, 6.45) is 11.3. The number of hydrogen-bond acceptors (Lipinski definition) is 3. The van der Waals surface area contributed by atoms with Crippen LogP contribution in [0, 0.1) is 21.3 Å². The van der Waals surface area contributed by atoms with Crippen LogP contribution in [0.15, 0.2) is 48.5 Å². The second-order valence-electron chi connectivity index (χ2n) is 10.7. The van der Waals surface area contributed by atoms with Gasteiger partial charge in [-0.15, -0.1) is 0 Å². The lowest BCUT2D eigenvalue weighted by Crippen LogP contribution is -2.38. The van der Waals surface area contributed by atoms with E-state index in [0.29, 0.717) is 11.5 Å². The molecule has 0 spiro atoms. The van der Waals surface area contributed by atoms with E-state index in [0.717, 1.165) is 39.5 Å². The minimum atomic E-state index is -0.948. The van der Waals surface area contributed by atoms with Crippen LogP contribution in [-0.2, 0) is 4.79 Å². The number of carboxylic acid groups (broad SMARTS) is 1. The zero-order valence-electron chi connectivity index (χ0n) is 21.8. The van der Waals surface area contributed by atoms with Crippen molar-refractivity contribution in [3.8, 4) is 0 Å². The maximum Gasteiger partial charge on any atom is 0.319 e. The molecule has 2 aliphatic rings. The number of nitrogens with one attached hydrogen (secondary N) is 3. The third-order valence-electron chi connectivity index (χ3n) is 8.13. The van der Waals surface area contributed by atoms with Crippen molar-refractivity contribution in [1.29, 1.82) is 0 Å². The lowest BCUT2D eigenvalue weighted by molar-refractivity contribution is -0.136. The summed E-state index contributed by atoms with van der Waals surface area (Å²) >= 11 is 2.23. The number of benzene rings is 2. The van der Waals surface area contributed by atoms with Crippen molar-refractivity contribution in [2.75, 3.05) is 11.9 Å². The molecule has 2 saturated carbocycles. The summed E-state index contributed by atoms with van der Waals surface area (Å²) in [4.78, 5) is 36.2. The number of rotatable bonds is 9. The molecule has 38 heavy (non-hydrogen) atoms. The molecule has 0 saturated heterocycles. The molecule has 0 heterocycles. The molecule has 0 bridgehead atoms. The number of amides is 3. The van der Waals surface area contributed by atoms with Gasteiger partial charge in [-0.05, 0) is 102 Å². The van der Waals surface area contributed by atoms with Crippen LogP contribution in [0.1, 0.15) is 86.2 Å². The third-order valence-corrected chi connectivity index (χ3v) is 8.80. The highest BCUT2D eigenvalue weighted by molar-refractivity contribution is 14.1. The van der Waals surface area contributed by atoms with E-state index < -0.39 is 5.97 Å². The molecule has 1 atom stereocenters. The summed E-state index contributed by atoms with van der Waals surface area (Å²) in [6.45, 7) is 0.0862. The maximum atomic E-state index is 13.1. The summed E-state index contributed by atoms with van der Waals surface area (Å²) in [5, 5.41) is 17.7. The first-order valence-electron chi connectivity index (χ1n) is 13.8. The fraction of sp³-hybridized carbons (Fsp3) is 0.500. The zero-order valence-corrected chi connectivity index (χ0v) is 23.9. The topological polar surface area (TPSA) is 108 Å². The van der Waals surface area contributed by atoms with Crippen molar-refractivity contribution >= 4 is 46.2 Å². The lowest BCUT2D eigenvalue weighted by Gasteiger charge is -2.38. The number of hydrogen-bond donors (Lipinski definition) is 4. The molecule has 4 rings (SSSR count). The molecular weight excluding hydrogens is 593 g/mol. The van der Waals surface area contributed by atoms with Gasteiger partial charge in [-0.1, -0.05) is 50.3 Å². The minimum absolute atomic E-state index is 0.0862. The van der Waals surface area contributed by atoms with Gasteiger partial charge in [-0.3, -0.25) is 9.59 Å². The van der Waals surface area contributed by atoms with Gasteiger partial charge in [-0.25, -0.2) is 4.79 Å². The molecule has 204 valence electrons. The first kappa shape index (κ1) is 28.4. The lowest BCUT2D eigenvalue weighted by atomic mass is 9.69. The monoisotopic (exact) mass is 631 g/mol. The number of urea groups is 1. The van der Waals surface area contributed by atoms with Crippen LogP contribution in [0.2, 0.25) is 0 Å². The normalized spacial score (nSPS) is 20.8. The summed E-state index contributed by atoms with van der Waals surface area (Å²) in [6, 6.07) is 14.7. The van der Waals surface area contributed by atoms with Crippen LogP contribution in [0.4, 0.5) is 10.5 Å². The molecule has 0 aromatic heterocycles. The number of halogens is 1. The van der Waals surface area contributed by atoms with Crippen LogP contribution >= 0.6 is 22.6 Å². The highest BCUT2D eigenvalue weighted by Gasteiger charge is 2.33. The molecule has 2 aromatic rings.